The van der Waals surface area contributed by atoms with Gasteiger partial charge in [-0.2, -0.15) is 5.10 Å². The lowest BCUT2D eigenvalue weighted by atomic mass is 10.0. The molecule has 1 aromatic heterocycles. The Bertz CT molecular complexity index is 974. The molecule has 0 amide bonds. The maximum Gasteiger partial charge on any atom is 0.191 e. The molecule has 0 saturated carbocycles. The fourth-order valence-electron chi connectivity index (χ4n) is 3.01. The predicted octanol–water partition coefficient (Wildman–Crippen LogP) is 5.40. The number of hydrogen-bond donors (Lipinski definition) is 2. The number of phenolic OH excluding ortho intramolecular Hbond substituents is 1. The zero-order chi connectivity index (χ0) is 20.5. The molecule has 0 unspecified atom stereocenters. The van der Waals surface area contributed by atoms with E-state index in [1.807, 2.05) is 41.1 Å². The minimum atomic E-state index is -1.73. The summed E-state index contributed by atoms with van der Waals surface area (Å²) in [6.45, 7) is 12.8. The van der Waals surface area contributed by atoms with Crippen molar-refractivity contribution in [2.45, 2.75) is 51.9 Å². The van der Waals surface area contributed by atoms with E-state index in [2.05, 4.69) is 39.0 Å². The summed E-state index contributed by atoms with van der Waals surface area (Å²) in [5.41, 5.74) is 8.85. The number of nitrogens with two attached hydrogens (primary N) is 1. The number of aromatic nitrogens is 2. The van der Waals surface area contributed by atoms with Crippen LogP contribution < -0.4 is 5.73 Å². The molecule has 2 aromatic carbocycles. The molecule has 3 N–H and O–H groups in total. The van der Waals surface area contributed by atoms with E-state index in [1.165, 1.54) is 0 Å². The Kier molecular flexibility index (Phi) is 5.54. The van der Waals surface area contributed by atoms with Crippen molar-refractivity contribution in [2.75, 3.05) is 12.3 Å². The molecule has 150 valence electrons. The van der Waals surface area contributed by atoms with Crippen LogP contribution in [0.5, 0.6) is 5.75 Å². The third kappa shape index (κ3) is 4.08. The molecule has 3 rings (SSSR count). The van der Waals surface area contributed by atoms with E-state index in [1.54, 1.807) is 6.07 Å². The van der Waals surface area contributed by atoms with Gasteiger partial charge in [-0.25, -0.2) is 0 Å². The summed E-state index contributed by atoms with van der Waals surface area (Å²) in [4.78, 5) is 0. The van der Waals surface area contributed by atoms with Crippen LogP contribution >= 0.6 is 0 Å². The number of aromatic hydroxyl groups is 1. The zero-order valence-electron chi connectivity index (χ0n) is 17.5. The molecular formula is C22H31N3O2Si. The van der Waals surface area contributed by atoms with E-state index in [0.29, 0.717) is 5.82 Å². The standard InChI is InChI=1S/C22H31N3O2Si/c1-22(2,3)28(4,5)27-14-8-13-25-19-15-16(11-12-18(19)21(23)24-25)17-9-6-7-10-20(17)26/h6-7,9-12,15,26H,8,13-14H2,1-5H3,(H2,23,24). The number of nitrogens with zero attached hydrogens (tertiary/aromatic N) is 2. The Morgan fingerprint density at radius 1 is 1.14 bits per heavy atom. The van der Waals surface area contributed by atoms with Crippen LogP contribution in [-0.4, -0.2) is 29.8 Å². The van der Waals surface area contributed by atoms with Gasteiger partial charge in [0.2, 0.25) is 0 Å². The second kappa shape index (κ2) is 7.60. The number of para-hydroxylation sites is 1. The monoisotopic (exact) mass is 397 g/mol. The molecule has 0 bridgehead atoms. The third-order valence-corrected chi connectivity index (χ3v) is 10.3. The topological polar surface area (TPSA) is 73.3 Å². The summed E-state index contributed by atoms with van der Waals surface area (Å²) in [6, 6.07) is 13.3. The molecule has 1 heterocycles. The molecule has 0 saturated heterocycles. The molecule has 28 heavy (non-hydrogen) atoms. The molecule has 6 heteroatoms. The van der Waals surface area contributed by atoms with Gasteiger partial charge in [-0.3, -0.25) is 4.68 Å². The molecule has 0 fully saturated rings. The van der Waals surface area contributed by atoms with E-state index in [-0.39, 0.29) is 10.8 Å². The van der Waals surface area contributed by atoms with Crippen molar-refractivity contribution in [2.24, 2.45) is 0 Å². The molecule has 0 aliphatic carbocycles. The van der Waals surface area contributed by atoms with Crippen LogP contribution in [0.15, 0.2) is 42.5 Å². The quantitative estimate of drug-likeness (QED) is 0.431. The molecular weight excluding hydrogens is 366 g/mol. The van der Waals surface area contributed by atoms with Crippen molar-refractivity contribution < 1.29 is 9.53 Å². The average molecular weight is 398 g/mol. The van der Waals surface area contributed by atoms with Crippen LogP contribution in [0.1, 0.15) is 27.2 Å². The Morgan fingerprint density at radius 2 is 1.86 bits per heavy atom. The van der Waals surface area contributed by atoms with E-state index in [0.717, 1.165) is 41.6 Å². The first kappa shape index (κ1) is 20.4. The SMILES string of the molecule is CC(C)(C)[Si](C)(C)OCCCn1nc(N)c2ccc(-c3ccccc3O)cc21. The van der Waals surface area contributed by atoms with Gasteiger partial charge in [-0.1, -0.05) is 45.0 Å². The highest BCUT2D eigenvalue weighted by molar-refractivity contribution is 6.74. The lowest BCUT2D eigenvalue weighted by Gasteiger charge is -2.36. The number of rotatable bonds is 6. The summed E-state index contributed by atoms with van der Waals surface area (Å²) in [7, 11) is -1.73. The molecule has 0 spiro atoms. The van der Waals surface area contributed by atoms with Crippen molar-refractivity contribution in [1.82, 2.24) is 9.78 Å². The highest BCUT2D eigenvalue weighted by Crippen LogP contribution is 2.36. The van der Waals surface area contributed by atoms with Crippen LogP contribution in [0.4, 0.5) is 5.82 Å². The van der Waals surface area contributed by atoms with Gasteiger partial charge in [0, 0.05) is 24.1 Å². The Hall–Kier alpha value is -2.31. The van der Waals surface area contributed by atoms with Crippen molar-refractivity contribution in [3.8, 4) is 16.9 Å². The van der Waals surface area contributed by atoms with Crippen LogP contribution in [0, 0.1) is 0 Å². The highest BCUT2D eigenvalue weighted by atomic mass is 28.4. The van der Waals surface area contributed by atoms with E-state index in [9.17, 15) is 5.11 Å². The van der Waals surface area contributed by atoms with Crippen molar-refractivity contribution in [3.05, 3.63) is 42.5 Å². The molecule has 0 aliphatic rings. The lowest BCUT2D eigenvalue weighted by Crippen LogP contribution is -2.41. The first-order valence-corrected chi connectivity index (χ1v) is 12.7. The van der Waals surface area contributed by atoms with Crippen molar-refractivity contribution >= 4 is 25.0 Å². The summed E-state index contributed by atoms with van der Waals surface area (Å²) in [5.74, 6) is 0.799. The number of nitrogen functional groups attached to an aromatic ring is 1. The van der Waals surface area contributed by atoms with Gasteiger partial charge in [-0.15, -0.1) is 0 Å². The normalized spacial score (nSPS) is 12.6. The summed E-state index contributed by atoms with van der Waals surface area (Å²) in [5, 5.41) is 15.8. The second-order valence-electron chi connectivity index (χ2n) is 8.82. The van der Waals surface area contributed by atoms with Crippen LogP contribution in [0.2, 0.25) is 18.1 Å². The number of fused-ring (bicyclic) bond motifs is 1. The third-order valence-electron chi connectivity index (χ3n) is 5.78. The molecule has 3 aromatic rings. The van der Waals surface area contributed by atoms with Crippen LogP contribution in [0.3, 0.4) is 0 Å². The van der Waals surface area contributed by atoms with Gasteiger partial charge in [0.15, 0.2) is 14.1 Å². The summed E-state index contributed by atoms with van der Waals surface area (Å²) in [6.07, 6.45) is 0.879. The van der Waals surface area contributed by atoms with Gasteiger partial charge >= 0.3 is 0 Å². The van der Waals surface area contributed by atoms with E-state index >= 15 is 0 Å². The molecule has 5 nitrogen and oxygen atoms in total. The highest BCUT2D eigenvalue weighted by Gasteiger charge is 2.36. The minimum absolute atomic E-state index is 0.211. The van der Waals surface area contributed by atoms with Gasteiger partial charge in [0.05, 0.1) is 5.52 Å². The maximum absolute atomic E-state index is 10.2. The average Bonchev–Trinajstić information content (AvgIpc) is 2.93. The molecule has 0 aliphatic heterocycles. The minimum Gasteiger partial charge on any atom is -0.507 e. The maximum atomic E-state index is 10.2. The predicted molar refractivity (Wildman–Crippen MR) is 119 cm³/mol. The fourth-order valence-corrected chi connectivity index (χ4v) is 4.10. The first-order chi connectivity index (χ1) is 13.1. The second-order valence-corrected chi connectivity index (χ2v) is 13.6. The lowest BCUT2D eigenvalue weighted by molar-refractivity contribution is 0.273. The summed E-state index contributed by atoms with van der Waals surface area (Å²) < 4.78 is 8.22. The smallest absolute Gasteiger partial charge is 0.191 e. The molecule has 0 atom stereocenters. The van der Waals surface area contributed by atoms with E-state index in [4.69, 9.17) is 10.2 Å². The Labute approximate surface area is 168 Å². The van der Waals surface area contributed by atoms with Crippen LogP contribution in [-0.2, 0) is 11.0 Å². The summed E-state index contributed by atoms with van der Waals surface area (Å²) >= 11 is 0. The number of phenols is 1. The number of anilines is 1. The molecule has 0 radical (unpaired) electrons. The zero-order valence-corrected chi connectivity index (χ0v) is 18.5. The van der Waals surface area contributed by atoms with E-state index < -0.39 is 8.32 Å². The largest absolute Gasteiger partial charge is 0.507 e. The first-order valence-electron chi connectivity index (χ1n) is 9.78. The number of benzene rings is 2. The van der Waals surface area contributed by atoms with Gasteiger partial charge in [0.25, 0.3) is 0 Å². The number of aryl methyl sites for hydroxylation is 1. The van der Waals surface area contributed by atoms with Gasteiger partial charge in [0.1, 0.15) is 5.75 Å². The van der Waals surface area contributed by atoms with Crippen molar-refractivity contribution in [1.29, 1.82) is 0 Å². The van der Waals surface area contributed by atoms with Crippen LogP contribution in [0.25, 0.3) is 22.0 Å². The number of hydrogen-bond acceptors (Lipinski definition) is 4. The van der Waals surface area contributed by atoms with Crippen molar-refractivity contribution in [3.63, 3.8) is 0 Å². The Balaban J connectivity index is 1.78. The van der Waals surface area contributed by atoms with Gasteiger partial charge in [-0.05, 0) is 48.3 Å². The fraction of sp³-hybridized carbons (Fsp3) is 0.409. The Morgan fingerprint density at radius 3 is 2.54 bits per heavy atom. The van der Waals surface area contributed by atoms with Gasteiger partial charge < -0.3 is 15.3 Å².